The maximum Gasteiger partial charge on any atom is 0.317 e. The zero-order valence-electron chi connectivity index (χ0n) is 17.4. The highest BCUT2D eigenvalue weighted by Gasteiger charge is 2.09. The van der Waals surface area contributed by atoms with Crippen LogP contribution in [0.15, 0.2) is 46.2 Å². The molecular weight excluding hydrogens is 460 g/mol. The van der Waals surface area contributed by atoms with E-state index in [4.69, 9.17) is 22.3 Å². The molecule has 0 saturated carbocycles. The molecule has 0 aliphatic rings. The minimum Gasteiger partial charge on any atom is -0.480 e. The first-order chi connectivity index (χ1) is 14.7. The van der Waals surface area contributed by atoms with Gasteiger partial charge in [0, 0.05) is 12.5 Å². The van der Waals surface area contributed by atoms with Crippen molar-refractivity contribution in [2.45, 2.75) is 16.3 Å². The number of imidazole rings is 1. The van der Waals surface area contributed by atoms with Crippen molar-refractivity contribution in [3.8, 4) is 0 Å². The Balaban J connectivity index is 0.000000270. The fourth-order valence-electron chi connectivity index (χ4n) is 2.15. The van der Waals surface area contributed by atoms with Crippen molar-refractivity contribution in [3.63, 3.8) is 0 Å². The molecule has 3 rings (SSSR count). The molecular formula is C18H26N6O6S2. The van der Waals surface area contributed by atoms with E-state index in [2.05, 4.69) is 15.7 Å². The second-order valence-corrected chi connectivity index (χ2v) is 10.5. The summed E-state index contributed by atoms with van der Waals surface area (Å²) in [6.07, 6.45) is 2.30. The van der Waals surface area contributed by atoms with E-state index in [0.29, 0.717) is 23.6 Å². The van der Waals surface area contributed by atoms with Gasteiger partial charge in [0.05, 0.1) is 45.3 Å². The van der Waals surface area contributed by atoms with Crippen LogP contribution in [0.5, 0.6) is 0 Å². The van der Waals surface area contributed by atoms with Gasteiger partial charge in [0.15, 0.2) is 19.7 Å². The fourth-order valence-corrected chi connectivity index (χ4v) is 3.46. The number of nitrogens with two attached hydrogens (primary N) is 4. The number of fused-ring (bicyclic) bond motifs is 1. The van der Waals surface area contributed by atoms with E-state index in [1.54, 1.807) is 18.2 Å². The van der Waals surface area contributed by atoms with Gasteiger partial charge >= 0.3 is 5.97 Å². The quantitative estimate of drug-likeness (QED) is 0.262. The molecule has 0 atom stereocenters. The largest absolute Gasteiger partial charge is 0.480 e. The average Bonchev–Trinajstić information content (AvgIpc) is 3.12. The maximum atomic E-state index is 11.3. The van der Waals surface area contributed by atoms with Gasteiger partial charge in [-0.2, -0.15) is 0 Å². The number of H-pyrrole nitrogens is 1. The maximum absolute atomic E-state index is 11.3. The van der Waals surface area contributed by atoms with Gasteiger partial charge in [0.1, 0.15) is 5.82 Å². The van der Waals surface area contributed by atoms with Crippen molar-refractivity contribution in [2.24, 2.45) is 11.5 Å². The zero-order valence-corrected chi connectivity index (χ0v) is 19.1. The summed E-state index contributed by atoms with van der Waals surface area (Å²) in [5.74, 6) is -0.319. The van der Waals surface area contributed by atoms with Crippen LogP contribution in [0.1, 0.15) is 5.82 Å². The lowest BCUT2D eigenvalue weighted by Crippen LogP contribution is -2.10. The van der Waals surface area contributed by atoms with Crippen molar-refractivity contribution >= 4 is 48.1 Å². The minimum atomic E-state index is -3.18. The summed E-state index contributed by atoms with van der Waals surface area (Å²) in [5.41, 5.74) is 22.9. The second kappa shape index (κ2) is 10.9. The highest BCUT2D eigenvalue weighted by atomic mass is 32.2. The summed E-state index contributed by atoms with van der Waals surface area (Å²) < 4.78 is 44.6. The Kier molecular flexibility index (Phi) is 9.14. The fraction of sp³-hybridized carbons (Fsp3) is 0.222. The third kappa shape index (κ3) is 8.14. The lowest BCUT2D eigenvalue weighted by atomic mass is 10.3. The number of aromatic nitrogens is 2. The standard InChI is InChI=1S/C9H11N3O2S.C7H10N2O2S.C2H5NO2/c1-15(13,14)6-2-3-7-8(4-6)12-9(5-10)11-7;1-12(10,11)5-2-3-6(8)7(9)4-5;3-1-2(4)5/h2-4H,5,10H2,1H3,(H,11,12);2-4H,8-9H2,1H3;1,3H2,(H,4,5). The van der Waals surface area contributed by atoms with Gasteiger partial charge in [-0.1, -0.05) is 0 Å². The normalized spacial score (nSPS) is 11.1. The summed E-state index contributed by atoms with van der Waals surface area (Å²) in [6, 6.07) is 9.04. The molecule has 14 heteroatoms. The Labute approximate surface area is 185 Å². The summed E-state index contributed by atoms with van der Waals surface area (Å²) in [4.78, 5) is 16.8. The SMILES string of the molecule is CS(=O)(=O)c1ccc(N)c(N)c1.CS(=O)(=O)c1ccc2nc(CN)[nH]c2c1.NCC(=O)O. The topological polar surface area (TPSA) is 238 Å². The number of nitrogens with one attached hydrogen (secondary N) is 1. The number of hydrogen-bond donors (Lipinski definition) is 6. The Morgan fingerprint density at radius 1 is 0.938 bits per heavy atom. The molecule has 32 heavy (non-hydrogen) atoms. The molecule has 0 amide bonds. The van der Waals surface area contributed by atoms with Crippen molar-refractivity contribution < 1.29 is 26.7 Å². The monoisotopic (exact) mass is 486 g/mol. The molecule has 0 unspecified atom stereocenters. The molecule has 1 aromatic heterocycles. The number of aromatic amines is 1. The highest BCUT2D eigenvalue weighted by Crippen LogP contribution is 2.19. The zero-order chi connectivity index (χ0) is 24.7. The van der Waals surface area contributed by atoms with Crippen LogP contribution in [0.25, 0.3) is 11.0 Å². The van der Waals surface area contributed by atoms with Crippen LogP contribution in [0.4, 0.5) is 11.4 Å². The van der Waals surface area contributed by atoms with E-state index in [0.717, 1.165) is 11.8 Å². The number of benzene rings is 2. The highest BCUT2D eigenvalue weighted by molar-refractivity contribution is 7.91. The Bertz CT molecular complexity index is 1300. The summed E-state index contributed by atoms with van der Waals surface area (Å²) in [6.45, 7) is 0.0306. The number of nitrogens with zero attached hydrogens (tertiary/aromatic N) is 1. The first-order valence-electron chi connectivity index (χ1n) is 8.84. The number of aliphatic carboxylic acids is 1. The molecule has 1 heterocycles. The number of hydrogen-bond acceptors (Lipinski definition) is 10. The van der Waals surface area contributed by atoms with Gasteiger partial charge in [-0.15, -0.1) is 0 Å². The molecule has 10 N–H and O–H groups in total. The van der Waals surface area contributed by atoms with Crippen molar-refractivity contribution in [1.29, 1.82) is 0 Å². The van der Waals surface area contributed by atoms with Crippen LogP contribution >= 0.6 is 0 Å². The van der Waals surface area contributed by atoms with Crippen molar-refractivity contribution in [1.82, 2.24) is 9.97 Å². The molecule has 2 aromatic carbocycles. The smallest absolute Gasteiger partial charge is 0.317 e. The minimum absolute atomic E-state index is 0.189. The number of rotatable bonds is 4. The van der Waals surface area contributed by atoms with E-state index in [9.17, 15) is 21.6 Å². The van der Waals surface area contributed by atoms with Crippen LogP contribution in [-0.2, 0) is 31.0 Å². The Hall–Kier alpha value is -3.20. The van der Waals surface area contributed by atoms with E-state index in [1.165, 1.54) is 24.5 Å². The molecule has 0 saturated heterocycles. The average molecular weight is 487 g/mol. The number of carboxylic acids is 1. The van der Waals surface area contributed by atoms with Gasteiger partial charge in [-0.05, 0) is 36.4 Å². The van der Waals surface area contributed by atoms with Crippen LogP contribution < -0.4 is 22.9 Å². The van der Waals surface area contributed by atoms with Gasteiger partial charge in [-0.3, -0.25) is 4.79 Å². The predicted octanol–water partition coefficient (Wildman–Crippen LogP) is -0.291. The lowest BCUT2D eigenvalue weighted by molar-refractivity contribution is -0.135. The second-order valence-electron chi connectivity index (χ2n) is 6.50. The number of anilines is 2. The van der Waals surface area contributed by atoms with Crippen LogP contribution in [0, 0.1) is 0 Å². The first-order valence-corrected chi connectivity index (χ1v) is 12.6. The summed E-state index contributed by atoms with van der Waals surface area (Å²) in [5, 5.41) is 7.60. The Morgan fingerprint density at radius 3 is 1.88 bits per heavy atom. The first kappa shape index (κ1) is 26.8. The van der Waals surface area contributed by atoms with E-state index < -0.39 is 25.6 Å². The molecule has 0 aliphatic carbocycles. The summed E-state index contributed by atoms with van der Waals surface area (Å²) >= 11 is 0. The van der Waals surface area contributed by atoms with Crippen LogP contribution in [0.2, 0.25) is 0 Å². The molecule has 0 radical (unpaired) electrons. The molecule has 3 aromatic rings. The predicted molar refractivity (Wildman–Crippen MR) is 122 cm³/mol. The number of nitrogen functional groups attached to an aromatic ring is 2. The summed E-state index contributed by atoms with van der Waals surface area (Å²) in [7, 11) is -6.35. The van der Waals surface area contributed by atoms with Gasteiger partial charge < -0.3 is 33.0 Å². The van der Waals surface area contributed by atoms with E-state index >= 15 is 0 Å². The van der Waals surface area contributed by atoms with Crippen LogP contribution in [0.3, 0.4) is 0 Å². The third-order valence-corrected chi connectivity index (χ3v) is 6.01. The number of carboxylic acid groups (broad SMARTS) is 1. The van der Waals surface area contributed by atoms with Crippen molar-refractivity contribution in [3.05, 3.63) is 42.2 Å². The van der Waals surface area contributed by atoms with Gasteiger partial charge in [-0.25, -0.2) is 21.8 Å². The number of carbonyl (C=O) groups is 1. The molecule has 176 valence electrons. The van der Waals surface area contributed by atoms with Crippen molar-refractivity contribution in [2.75, 3.05) is 30.5 Å². The molecule has 0 aliphatic heterocycles. The van der Waals surface area contributed by atoms with Gasteiger partial charge in [0.2, 0.25) is 0 Å². The number of sulfone groups is 2. The molecule has 0 bridgehead atoms. The van der Waals surface area contributed by atoms with Crippen LogP contribution in [-0.4, -0.2) is 56.9 Å². The molecule has 0 fully saturated rings. The van der Waals surface area contributed by atoms with Gasteiger partial charge in [0.25, 0.3) is 0 Å². The van der Waals surface area contributed by atoms with E-state index in [1.807, 2.05) is 0 Å². The Morgan fingerprint density at radius 2 is 1.44 bits per heavy atom. The van der Waals surface area contributed by atoms with E-state index in [-0.39, 0.29) is 22.0 Å². The molecule has 0 spiro atoms. The lowest BCUT2D eigenvalue weighted by Gasteiger charge is -2.01. The third-order valence-electron chi connectivity index (χ3n) is 3.78. The molecule has 12 nitrogen and oxygen atoms in total.